The van der Waals surface area contributed by atoms with E-state index in [0.29, 0.717) is 25.9 Å². The molecule has 1 aliphatic heterocycles. The zero-order chi connectivity index (χ0) is 10.8. The first-order valence-corrected chi connectivity index (χ1v) is 4.90. The highest BCUT2D eigenvalue weighted by Crippen LogP contribution is 2.22. The Hall–Kier alpha value is -0.710. The van der Waals surface area contributed by atoms with Crippen LogP contribution in [0.1, 0.15) is 26.2 Å². The predicted octanol–water partition coefficient (Wildman–Crippen LogP) is 0.981. The average Bonchev–Trinajstić information content (AvgIpc) is 2.18. The number of carbonyl (C=O) groups is 1. The Kier molecular flexibility index (Phi) is 3.42. The summed E-state index contributed by atoms with van der Waals surface area (Å²) < 4.78 is 26.0. The van der Waals surface area contributed by atoms with Gasteiger partial charge in [0.25, 0.3) is 5.91 Å². The number of hydrogen-bond donors (Lipinski definition) is 1. The van der Waals surface area contributed by atoms with Crippen molar-refractivity contribution in [3.05, 3.63) is 0 Å². The van der Waals surface area contributed by atoms with Gasteiger partial charge in [0.05, 0.1) is 0 Å². The maximum atomic E-state index is 13.0. The molecule has 2 N–H and O–H groups in total. The first-order chi connectivity index (χ1) is 6.47. The van der Waals surface area contributed by atoms with Gasteiger partial charge in [-0.05, 0) is 12.8 Å². The summed E-state index contributed by atoms with van der Waals surface area (Å²) in [7, 11) is 0. The van der Waals surface area contributed by atoms with Gasteiger partial charge >= 0.3 is 5.92 Å². The van der Waals surface area contributed by atoms with Crippen molar-refractivity contribution in [3.8, 4) is 0 Å². The van der Waals surface area contributed by atoms with E-state index in [9.17, 15) is 13.6 Å². The number of alkyl halides is 2. The second-order valence-corrected chi connectivity index (χ2v) is 3.69. The van der Waals surface area contributed by atoms with Crippen molar-refractivity contribution in [2.24, 2.45) is 5.73 Å². The molecular weight excluding hydrogens is 190 g/mol. The van der Waals surface area contributed by atoms with Crippen LogP contribution in [-0.2, 0) is 4.79 Å². The third kappa shape index (κ3) is 2.41. The van der Waals surface area contributed by atoms with Crippen LogP contribution in [-0.4, -0.2) is 35.9 Å². The standard InChI is InChI=1S/C9H16F2N2O/c1-2-9(10,11)8(14)13-5-3-7(12)4-6-13/h7H,2-6,12H2,1H3. The van der Waals surface area contributed by atoms with E-state index in [-0.39, 0.29) is 6.04 Å². The van der Waals surface area contributed by atoms with E-state index in [1.165, 1.54) is 11.8 Å². The second-order valence-electron chi connectivity index (χ2n) is 3.69. The maximum Gasteiger partial charge on any atom is 0.324 e. The molecule has 0 aromatic rings. The molecule has 1 amide bonds. The van der Waals surface area contributed by atoms with E-state index < -0.39 is 18.3 Å². The van der Waals surface area contributed by atoms with Crippen molar-refractivity contribution in [2.75, 3.05) is 13.1 Å². The average molecular weight is 206 g/mol. The molecule has 0 atom stereocenters. The summed E-state index contributed by atoms with van der Waals surface area (Å²) in [6, 6.07) is 0.0503. The van der Waals surface area contributed by atoms with Gasteiger partial charge in [-0.2, -0.15) is 8.78 Å². The number of piperidine rings is 1. The fourth-order valence-corrected chi connectivity index (χ4v) is 1.49. The molecule has 0 radical (unpaired) electrons. The minimum absolute atomic E-state index is 0.0503. The van der Waals surface area contributed by atoms with Gasteiger partial charge in [-0.15, -0.1) is 0 Å². The molecule has 1 aliphatic rings. The monoisotopic (exact) mass is 206 g/mol. The fraction of sp³-hybridized carbons (Fsp3) is 0.889. The molecule has 0 bridgehead atoms. The normalized spacial score (nSPS) is 19.9. The van der Waals surface area contributed by atoms with Crippen LogP contribution in [0.15, 0.2) is 0 Å². The van der Waals surface area contributed by atoms with Crippen molar-refractivity contribution >= 4 is 5.91 Å². The molecule has 1 heterocycles. The number of likely N-dealkylation sites (tertiary alicyclic amines) is 1. The van der Waals surface area contributed by atoms with E-state index in [1.54, 1.807) is 0 Å². The molecule has 1 saturated heterocycles. The molecule has 0 spiro atoms. The largest absolute Gasteiger partial charge is 0.337 e. The summed E-state index contributed by atoms with van der Waals surface area (Å²) >= 11 is 0. The lowest BCUT2D eigenvalue weighted by atomic mass is 10.1. The smallest absolute Gasteiger partial charge is 0.324 e. The number of nitrogens with two attached hydrogens (primary N) is 1. The summed E-state index contributed by atoms with van der Waals surface area (Å²) in [6.45, 7) is 2.03. The van der Waals surface area contributed by atoms with Gasteiger partial charge < -0.3 is 10.6 Å². The van der Waals surface area contributed by atoms with Crippen LogP contribution in [0.5, 0.6) is 0 Å². The topological polar surface area (TPSA) is 46.3 Å². The molecule has 0 unspecified atom stereocenters. The third-order valence-corrected chi connectivity index (χ3v) is 2.58. The molecule has 3 nitrogen and oxygen atoms in total. The quantitative estimate of drug-likeness (QED) is 0.732. The van der Waals surface area contributed by atoms with Crippen LogP contribution in [0, 0.1) is 0 Å². The van der Waals surface area contributed by atoms with Gasteiger partial charge in [-0.1, -0.05) is 6.92 Å². The molecule has 5 heteroatoms. The van der Waals surface area contributed by atoms with E-state index in [0.717, 1.165) is 0 Å². The first-order valence-electron chi connectivity index (χ1n) is 4.90. The predicted molar refractivity (Wildman–Crippen MR) is 49.0 cm³/mol. The van der Waals surface area contributed by atoms with Gasteiger partial charge in [0.1, 0.15) is 0 Å². The zero-order valence-corrected chi connectivity index (χ0v) is 8.30. The van der Waals surface area contributed by atoms with Gasteiger partial charge in [0.15, 0.2) is 0 Å². The lowest BCUT2D eigenvalue weighted by molar-refractivity contribution is -0.158. The Morgan fingerprint density at radius 3 is 2.43 bits per heavy atom. The Labute approximate surface area is 82.2 Å². The van der Waals surface area contributed by atoms with Crippen LogP contribution < -0.4 is 5.73 Å². The van der Waals surface area contributed by atoms with Crippen LogP contribution >= 0.6 is 0 Å². The summed E-state index contributed by atoms with van der Waals surface area (Å²) in [4.78, 5) is 12.5. The second kappa shape index (κ2) is 4.21. The van der Waals surface area contributed by atoms with Crippen molar-refractivity contribution in [1.82, 2.24) is 4.90 Å². The minimum Gasteiger partial charge on any atom is -0.337 e. The number of carbonyl (C=O) groups excluding carboxylic acids is 1. The Balaban J connectivity index is 2.54. The highest BCUT2D eigenvalue weighted by atomic mass is 19.3. The molecule has 1 rings (SSSR count). The van der Waals surface area contributed by atoms with Crippen LogP contribution in [0.2, 0.25) is 0 Å². The zero-order valence-electron chi connectivity index (χ0n) is 8.30. The highest BCUT2D eigenvalue weighted by molar-refractivity contribution is 5.83. The number of hydrogen-bond acceptors (Lipinski definition) is 2. The maximum absolute atomic E-state index is 13.0. The molecule has 14 heavy (non-hydrogen) atoms. The van der Waals surface area contributed by atoms with Crippen LogP contribution in [0.3, 0.4) is 0 Å². The van der Waals surface area contributed by atoms with Crippen LogP contribution in [0.4, 0.5) is 8.78 Å². The molecule has 0 aromatic heterocycles. The molecule has 1 fully saturated rings. The van der Waals surface area contributed by atoms with Crippen molar-refractivity contribution in [2.45, 2.75) is 38.2 Å². The molecule has 0 aliphatic carbocycles. The molecule has 0 aromatic carbocycles. The number of amides is 1. The van der Waals surface area contributed by atoms with Crippen molar-refractivity contribution in [3.63, 3.8) is 0 Å². The van der Waals surface area contributed by atoms with Gasteiger partial charge in [-0.3, -0.25) is 4.79 Å². The van der Waals surface area contributed by atoms with Gasteiger partial charge in [-0.25, -0.2) is 0 Å². The first kappa shape index (κ1) is 11.4. The fourth-order valence-electron chi connectivity index (χ4n) is 1.49. The lowest BCUT2D eigenvalue weighted by Gasteiger charge is -2.32. The van der Waals surface area contributed by atoms with E-state index >= 15 is 0 Å². The third-order valence-electron chi connectivity index (χ3n) is 2.58. The van der Waals surface area contributed by atoms with Gasteiger partial charge in [0, 0.05) is 25.6 Å². The summed E-state index contributed by atoms with van der Waals surface area (Å²) in [5, 5.41) is 0. The highest BCUT2D eigenvalue weighted by Gasteiger charge is 2.40. The molecular formula is C9H16F2N2O. The molecule has 82 valence electrons. The Morgan fingerprint density at radius 1 is 1.50 bits per heavy atom. The summed E-state index contributed by atoms with van der Waals surface area (Å²) in [5.74, 6) is -4.26. The number of halogens is 2. The van der Waals surface area contributed by atoms with E-state index in [2.05, 4.69) is 0 Å². The lowest BCUT2D eigenvalue weighted by Crippen LogP contribution is -2.49. The van der Waals surface area contributed by atoms with E-state index in [4.69, 9.17) is 5.73 Å². The summed E-state index contributed by atoms with van der Waals surface area (Å²) in [6.07, 6.45) is 0.797. The van der Waals surface area contributed by atoms with Crippen LogP contribution in [0.25, 0.3) is 0 Å². The Morgan fingerprint density at radius 2 is 2.00 bits per heavy atom. The number of nitrogens with zero attached hydrogens (tertiary/aromatic N) is 1. The van der Waals surface area contributed by atoms with Crippen molar-refractivity contribution < 1.29 is 13.6 Å². The van der Waals surface area contributed by atoms with Crippen molar-refractivity contribution in [1.29, 1.82) is 0 Å². The number of rotatable bonds is 2. The molecule has 0 saturated carbocycles. The van der Waals surface area contributed by atoms with Gasteiger partial charge in [0.2, 0.25) is 0 Å². The SMILES string of the molecule is CCC(F)(F)C(=O)N1CCC(N)CC1. The Bertz CT molecular complexity index is 213. The summed E-state index contributed by atoms with van der Waals surface area (Å²) in [5.41, 5.74) is 5.61. The minimum atomic E-state index is -3.21. The van der Waals surface area contributed by atoms with E-state index in [1.807, 2.05) is 0 Å².